The summed E-state index contributed by atoms with van der Waals surface area (Å²) in [5.41, 5.74) is 9.90. The van der Waals surface area contributed by atoms with Crippen LogP contribution in [0.3, 0.4) is 0 Å². The summed E-state index contributed by atoms with van der Waals surface area (Å²) in [6, 6.07) is 11.3. The van der Waals surface area contributed by atoms with Crippen LogP contribution in [-0.2, 0) is 6.42 Å². The molecule has 0 fully saturated rings. The highest BCUT2D eigenvalue weighted by Gasteiger charge is 2.19. The summed E-state index contributed by atoms with van der Waals surface area (Å²) in [4.78, 5) is 5.08. The topological polar surface area (TPSA) is 29.3 Å². The number of thiophene rings is 1. The first-order chi connectivity index (χ1) is 9.56. The van der Waals surface area contributed by atoms with Crippen LogP contribution in [0.15, 0.2) is 30.3 Å². The average molecular weight is 288 g/mol. The number of benzene rings is 1. The molecule has 3 heteroatoms. The highest BCUT2D eigenvalue weighted by molar-refractivity contribution is 7.12. The van der Waals surface area contributed by atoms with Gasteiger partial charge in [-0.05, 0) is 44.0 Å². The molecule has 2 N–H and O–H groups in total. The van der Waals surface area contributed by atoms with E-state index < -0.39 is 0 Å². The summed E-state index contributed by atoms with van der Waals surface area (Å²) in [7, 11) is 2.14. The van der Waals surface area contributed by atoms with E-state index in [1.165, 1.54) is 26.6 Å². The molecule has 1 atom stereocenters. The summed E-state index contributed by atoms with van der Waals surface area (Å²) >= 11 is 1.88. The van der Waals surface area contributed by atoms with Gasteiger partial charge in [-0.3, -0.25) is 0 Å². The minimum atomic E-state index is 0.252. The van der Waals surface area contributed by atoms with Crippen LogP contribution in [0.2, 0.25) is 0 Å². The molecule has 0 aliphatic rings. The van der Waals surface area contributed by atoms with E-state index in [9.17, 15) is 0 Å². The number of aryl methyl sites for hydroxylation is 3. The molecule has 1 aromatic heterocycles. The van der Waals surface area contributed by atoms with Gasteiger partial charge in [0, 0.05) is 29.0 Å². The van der Waals surface area contributed by atoms with Gasteiger partial charge in [-0.1, -0.05) is 24.6 Å². The molecule has 0 radical (unpaired) electrons. The van der Waals surface area contributed by atoms with Gasteiger partial charge in [-0.2, -0.15) is 0 Å². The zero-order chi connectivity index (χ0) is 14.7. The molecule has 108 valence electrons. The monoisotopic (exact) mass is 288 g/mol. The fourth-order valence-corrected chi connectivity index (χ4v) is 3.71. The number of anilines is 1. The zero-order valence-electron chi connectivity index (χ0n) is 12.8. The predicted molar refractivity (Wildman–Crippen MR) is 89.8 cm³/mol. The van der Waals surface area contributed by atoms with Crippen LogP contribution >= 0.6 is 11.3 Å². The molecule has 20 heavy (non-hydrogen) atoms. The lowest BCUT2D eigenvalue weighted by Crippen LogP contribution is -2.30. The van der Waals surface area contributed by atoms with Gasteiger partial charge in [-0.25, -0.2) is 0 Å². The van der Waals surface area contributed by atoms with E-state index in [1.807, 2.05) is 11.3 Å². The molecule has 1 heterocycles. The second-order valence-corrected chi connectivity index (χ2v) is 6.51. The van der Waals surface area contributed by atoms with Gasteiger partial charge >= 0.3 is 0 Å². The van der Waals surface area contributed by atoms with Crippen LogP contribution in [0.1, 0.15) is 33.8 Å². The largest absolute Gasteiger partial charge is 0.365 e. The number of nitrogens with zero attached hydrogens (tertiary/aromatic N) is 1. The molecule has 0 aliphatic heterocycles. The summed E-state index contributed by atoms with van der Waals surface area (Å²) in [5, 5.41) is 0. The van der Waals surface area contributed by atoms with Crippen molar-refractivity contribution < 1.29 is 0 Å². The second kappa shape index (κ2) is 6.42. The molecule has 2 rings (SSSR count). The number of hydrogen-bond acceptors (Lipinski definition) is 3. The fourth-order valence-electron chi connectivity index (χ4n) is 2.60. The van der Waals surface area contributed by atoms with Crippen molar-refractivity contribution in [2.24, 2.45) is 5.73 Å². The molecule has 0 spiro atoms. The maximum atomic E-state index is 6.04. The van der Waals surface area contributed by atoms with Crippen molar-refractivity contribution in [2.75, 3.05) is 18.5 Å². The normalized spacial score (nSPS) is 12.4. The third-order valence-corrected chi connectivity index (χ3v) is 5.11. The predicted octanol–water partition coefficient (Wildman–Crippen LogP) is 4.06. The van der Waals surface area contributed by atoms with Crippen LogP contribution in [0, 0.1) is 13.8 Å². The van der Waals surface area contributed by atoms with Gasteiger partial charge in [0.25, 0.3) is 0 Å². The highest BCUT2D eigenvalue weighted by atomic mass is 32.1. The van der Waals surface area contributed by atoms with Gasteiger partial charge in [0.15, 0.2) is 0 Å². The third-order valence-electron chi connectivity index (χ3n) is 3.78. The first-order valence-electron chi connectivity index (χ1n) is 7.15. The number of nitrogens with two attached hydrogens (primary N) is 1. The lowest BCUT2D eigenvalue weighted by atomic mass is 10.1. The molecular formula is C17H24N2S. The fraction of sp³-hybridized carbons (Fsp3) is 0.412. The molecule has 0 bridgehead atoms. The third kappa shape index (κ3) is 3.05. The Kier molecular flexibility index (Phi) is 4.84. The van der Waals surface area contributed by atoms with Gasteiger partial charge in [0.05, 0.1) is 6.04 Å². The minimum Gasteiger partial charge on any atom is -0.365 e. The van der Waals surface area contributed by atoms with Crippen LogP contribution in [0.25, 0.3) is 0 Å². The Bertz CT molecular complexity index is 574. The summed E-state index contributed by atoms with van der Waals surface area (Å²) in [5.74, 6) is 0. The van der Waals surface area contributed by atoms with Gasteiger partial charge < -0.3 is 10.6 Å². The van der Waals surface area contributed by atoms with Crippen molar-refractivity contribution in [3.05, 3.63) is 51.2 Å². The van der Waals surface area contributed by atoms with Gasteiger partial charge in [-0.15, -0.1) is 11.3 Å². The lowest BCUT2D eigenvalue weighted by Gasteiger charge is -2.30. The average Bonchev–Trinajstić information content (AvgIpc) is 2.88. The molecule has 1 unspecified atom stereocenters. The highest BCUT2D eigenvalue weighted by Crippen LogP contribution is 2.32. The number of hydrogen-bond donors (Lipinski definition) is 1. The van der Waals surface area contributed by atoms with Crippen molar-refractivity contribution in [1.29, 1.82) is 0 Å². The SMILES string of the molecule is CCc1ccc(C(CN)N(C)c2ccc(C)cc2C)s1. The second-order valence-electron chi connectivity index (χ2n) is 5.31. The van der Waals surface area contributed by atoms with E-state index in [-0.39, 0.29) is 6.04 Å². The standard InChI is InChI=1S/C17H24N2S/c1-5-14-7-9-17(20-14)16(11-18)19(4)15-8-6-12(2)10-13(15)3/h6-10,16H,5,11,18H2,1-4H3. The Balaban J connectivity index is 2.30. The molecule has 1 aromatic carbocycles. The van der Waals surface area contributed by atoms with Crippen LogP contribution in [0.4, 0.5) is 5.69 Å². The van der Waals surface area contributed by atoms with E-state index in [4.69, 9.17) is 5.73 Å². The Hall–Kier alpha value is -1.32. The maximum Gasteiger partial charge on any atom is 0.0754 e. The number of rotatable bonds is 5. The molecule has 2 nitrogen and oxygen atoms in total. The Labute approximate surface area is 126 Å². The summed E-state index contributed by atoms with van der Waals surface area (Å²) < 4.78 is 0. The first-order valence-corrected chi connectivity index (χ1v) is 7.97. The maximum absolute atomic E-state index is 6.04. The van der Waals surface area contributed by atoms with Crippen molar-refractivity contribution in [3.8, 4) is 0 Å². The van der Waals surface area contributed by atoms with Crippen LogP contribution in [0.5, 0.6) is 0 Å². The Morgan fingerprint density at radius 2 is 1.95 bits per heavy atom. The van der Waals surface area contributed by atoms with E-state index in [0.717, 1.165) is 6.42 Å². The molecule has 0 saturated heterocycles. The summed E-state index contributed by atoms with van der Waals surface area (Å²) in [6.07, 6.45) is 1.09. The Morgan fingerprint density at radius 1 is 1.20 bits per heavy atom. The number of likely N-dealkylation sites (N-methyl/N-ethyl adjacent to an activating group) is 1. The first kappa shape index (κ1) is 15.1. The van der Waals surface area contributed by atoms with Crippen molar-refractivity contribution in [3.63, 3.8) is 0 Å². The van der Waals surface area contributed by atoms with Gasteiger partial charge in [0.2, 0.25) is 0 Å². The molecule has 0 amide bonds. The zero-order valence-corrected chi connectivity index (χ0v) is 13.6. The van der Waals surface area contributed by atoms with Crippen molar-refractivity contribution >= 4 is 17.0 Å². The van der Waals surface area contributed by atoms with Crippen molar-refractivity contribution in [2.45, 2.75) is 33.2 Å². The Morgan fingerprint density at radius 3 is 2.50 bits per heavy atom. The molecular weight excluding hydrogens is 264 g/mol. The molecule has 0 aliphatic carbocycles. The van der Waals surface area contributed by atoms with Gasteiger partial charge in [0.1, 0.15) is 0 Å². The minimum absolute atomic E-state index is 0.252. The van der Waals surface area contributed by atoms with E-state index in [2.05, 4.69) is 63.1 Å². The van der Waals surface area contributed by atoms with Crippen LogP contribution in [-0.4, -0.2) is 13.6 Å². The van der Waals surface area contributed by atoms with E-state index >= 15 is 0 Å². The molecule has 2 aromatic rings. The lowest BCUT2D eigenvalue weighted by molar-refractivity contribution is 0.691. The summed E-state index contributed by atoms with van der Waals surface area (Å²) in [6.45, 7) is 7.12. The van der Waals surface area contributed by atoms with Crippen LogP contribution < -0.4 is 10.6 Å². The molecule has 0 saturated carbocycles. The smallest absolute Gasteiger partial charge is 0.0754 e. The van der Waals surface area contributed by atoms with E-state index in [1.54, 1.807) is 0 Å². The van der Waals surface area contributed by atoms with E-state index in [0.29, 0.717) is 6.54 Å². The quantitative estimate of drug-likeness (QED) is 0.899. The van der Waals surface area contributed by atoms with Crippen molar-refractivity contribution in [1.82, 2.24) is 0 Å².